The minimum atomic E-state index is -3.57. The lowest BCUT2D eigenvalue weighted by molar-refractivity contribution is -0.136. The Labute approximate surface area is 172 Å². The predicted octanol–water partition coefficient (Wildman–Crippen LogP) is 2.15. The van der Waals surface area contributed by atoms with Crippen LogP contribution in [-0.2, 0) is 19.6 Å². The second kappa shape index (κ2) is 7.51. The van der Waals surface area contributed by atoms with Crippen molar-refractivity contribution in [3.8, 4) is 0 Å². The van der Waals surface area contributed by atoms with Gasteiger partial charge >= 0.3 is 0 Å². The molecule has 2 aromatic rings. The van der Waals surface area contributed by atoms with Crippen molar-refractivity contribution in [3.63, 3.8) is 0 Å². The van der Waals surface area contributed by atoms with Crippen LogP contribution in [0.2, 0.25) is 0 Å². The van der Waals surface area contributed by atoms with Crippen molar-refractivity contribution in [1.82, 2.24) is 9.21 Å². The molecule has 10 heteroatoms. The zero-order chi connectivity index (χ0) is 20.8. The van der Waals surface area contributed by atoms with E-state index < -0.39 is 21.8 Å². The first-order chi connectivity index (χ1) is 13.8. The van der Waals surface area contributed by atoms with Gasteiger partial charge in [0.1, 0.15) is 10.0 Å². The predicted molar refractivity (Wildman–Crippen MR) is 107 cm³/mol. The number of carbonyl (C=O) groups is 2. The zero-order valence-corrected chi connectivity index (χ0v) is 17.4. The van der Waals surface area contributed by atoms with E-state index in [4.69, 9.17) is 0 Å². The van der Waals surface area contributed by atoms with Crippen molar-refractivity contribution < 1.29 is 22.4 Å². The normalized spacial score (nSPS) is 20.3. The van der Waals surface area contributed by atoms with Crippen LogP contribution in [0.3, 0.4) is 0 Å². The molecule has 154 valence electrons. The molecule has 1 fully saturated rings. The van der Waals surface area contributed by atoms with Gasteiger partial charge in [-0.3, -0.25) is 9.59 Å². The molecule has 29 heavy (non-hydrogen) atoms. The fourth-order valence-electron chi connectivity index (χ4n) is 3.70. The van der Waals surface area contributed by atoms with Crippen molar-refractivity contribution >= 4 is 38.9 Å². The lowest BCUT2D eigenvalue weighted by atomic mass is 9.89. The number of hydrogen-bond acceptors (Lipinski definition) is 5. The summed E-state index contributed by atoms with van der Waals surface area (Å²) in [6.07, 6.45) is -0.00947. The first-order valence-electron chi connectivity index (χ1n) is 9.20. The van der Waals surface area contributed by atoms with E-state index in [-0.39, 0.29) is 44.4 Å². The fourth-order valence-corrected chi connectivity index (χ4v) is 6.56. The molecule has 0 radical (unpaired) electrons. The molecule has 0 spiro atoms. The topological polar surface area (TPSA) is 86.8 Å². The Morgan fingerprint density at radius 3 is 2.55 bits per heavy atom. The van der Waals surface area contributed by atoms with Crippen LogP contribution in [0.1, 0.15) is 22.8 Å². The van der Waals surface area contributed by atoms with Gasteiger partial charge in [-0.15, -0.1) is 11.3 Å². The number of thiophene rings is 1. The van der Waals surface area contributed by atoms with E-state index in [0.717, 1.165) is 4.88 Å². The molecule has 3 heterocycles. The maximum absolute atomic E-state index is 13.5. The summed E-state index contributed by atoms with van der Waals surface area (Å²) in [4.78, 5) is 27.6. The summed E-state index contributed by atoms with van der Waals surface area (Å²) in [5.74, 6) is -1.75. The van der Waals surface area contributed by atoms with E-state index in [1.807, 2.05) is 6.92 Å². The van der Waals surface area contributed by atoms with Gasteiger partial charge in [-0.1, -0.05) is 6.07 Å². The molecule has 7 nitrogen and oxygen atoms in total. The van der Waals surface area contributed by atoms with Crippen molar-refractivity contribution in [3.05, 3.63) is 46.6 Å². The molecule has 4 rings (SSSR count). The highest BCUT2D eigenvalue weighted by atomic mass is 32.2. The van der Waals surface area contributed by atoms with Crippen LogP contribution in [0.5, 0.6) is 0 Å². The van der Waals surface area contributed by atoms with E-state index in [1.54, 1.807) is 17.0 Å². The zero-order valence-electron chi connectivity index (χ0n) is 15.7. The van der Waals surface area contributed by atoms with Crippen molar-refractivity contribution in [2.45, 2.75) is 23.5 Å². The maximum atomic E-state index is 13.5. The number of rotatable bonds is 3. The number of amides is 2. The highest BCUT2D eigenvalue weighted by Gasteiger charge is 2.37. The minimum Gasteiger partial charge on any atom is -0.340 e. The number of halogens is 1. The summed E-state index contributed by atoms with van der Waals surface area (Å²) in [5.41, 5.74) is 0.897. The molecular formula is C19H20FN3O4S2. The first-order valence-corrected chi connectivity index (χ1v) is 11.5. The summed E-state index contributed by atoms with van der Waals surface area (Å²) >= 11 is 1.23. The van der Waals surface area contributed by atoms with E-state index in [1.165, 1.54) is 33.8 Å². The number of sulfonamides is 1. The average Bonchev–Trinajstić information content (AvgIpc) is 3.14. The summed E-state index contributed by atoms with van der Waals surface area (Å²) in [6, 6.07) is 7.37. The van der Waals surface area contributed by atoms with Crippen LogP contribution in [0.25, 0.3) is 0 Å². The van der Waals surface area contributed by atoms with Gasteiger partial charge in [-0.2, -0.15) is 4.31 Å². The number of hydrogen-bond donors (Lipinski definition) is 1. The Balaban J connectivity index is 1.48. The Kier molecular flexibility index (Phi) is 5.18. The van der Waals surface area contributed by atoms with Crippen molar-refractivity contribution in [2.75, 3.05) is 31.5 Å². The third-order valence-corrected chi connectivity index (χ3v) is 8.58. The number of benzene rings is 1. The molecule has 2 aliphatic rings. The van der Waals surface area contributed by atoms with Gasteiger partial charge in [0.2, 0.25) is 11.8 Å². The third kappa shape index (κ3) is 3.79. The lowest BCUT2D eigenvalue weighted by Crippen LogP contribution is -2.52. The van der Waals surface area contributed by atoms with Crippen LogP contribution < -0.4 is 5.32 Å². The van der Waals surface area contributed by atoms with Crippen molar-refractivity contribution in [1.29, 1.82) is 0 Å². The smallest absolute Gasteiger partial charge is 0.252 e. The second-order valence-electron chi connectivity index (χ2n) is 7.13. The summed E-state index contributed by atoms with van der Waals surface area (Å²) < 4.78 is 40.7. The molecule has 1 saturated heterocycles. The van der Waals surface area contributed by atoms with E-state index in [2.05, 4.69) is 5.32 Å². The number of aryl methyl sites for hydroxylation is 1. The van der Waals surface area contributed by atoms with E-state index >= 15 is 0 Å². The summed E-state index contributed by atoms with van der Waals surface area (Å²) in [5, 5.41) is 2.60. The Morgan fingerprint density at radius 1 is 1.17 bits per heavy atom. The lowest BCUT2D eigenvalue weighted by Gasteiger charge is -2.36. The minimum absolute atomic E-state index is 0.00947. The molecule has 0 aliphatic carbocycles. The van der Waals surface area contributed by atoms with Gasteiger partial charge in [-0.05, 0) is 36.8 Å². The van der Waals surface area contributed by atoms with E-state index in [9.17, 15) is 22.4 Å². The van der Waals surface area contributed by atoms with Gasteiger partial charge in [0.25, 0.3) is 10.0 Å². The van der Waals surface area contributed by atoms with Crippen molar-refractivity contribution in [2.24, 2.45) is 0 Å². The van der Waals surface area contributed by atoms with Gasteiger partial charge in [0.15, 0.2) is 0 Å². The van der Waals surface area contributed by atoms with Gasteiger partial charge < -0.3 is 10.2 Å². The molecule has 2 aliphatic heterocycles. The quantitative estimate of drug-likeness (QED) is 0.797. The van der Waals surface area contributed by atoms with Crippen LogP contribution >= 0.6 is 11.3 Å². The van der Waals surface area contributed by atoms with Crippen LogP contribution in [0.4, 0.5) is 10.1 Å². The van der Waals surface area contributed by atoms with Gasteiger partial charge in [0.05, 0.1) is 5.92 Å². The third-order valence-electron chi connectivity index (χ3n) is 5.21. The number of piperazine rings is 1. The number of nitrogens with one attached hydrogen (secondary N) is 1. The van der Waals surface area contributed by atoms with Crippen LogP contribution in [-0.4, -0.2) is 55.6 Å². The largest absolute Gasteiger partial charge is 0.340 e. The molecule has 0 saturated carbocycles. The summed E-state index contributed by atoms with van der Waals surface area (Å²) in [6.45, 7) is 2.74. The Morgan fingerprint density at radius 2 is 1.90 bits per heavy atom. The molecule has 0 bridgehead atoms. The monoisotopic (exact) mass is 437 g/mol. The number of nitrogens with zero attached hydrogens (tertiary/aromatic N) is 2. The maximum Gasteiger partial charge on any atom is 0.252 e. The molecule has 1 unspecified atom stereocenters. The molecule has 1 aromatic carbocycles. The van der Waals surface area contributed by atoms with Gasteiger partial charge in [-0.25, -0.2) is 12.8 Å². The van der Waals surface area contributed by atoms with Gasteiger partial charge in [0, 0.05) is 43.2 Å². The number of fused-ring (bicyclic) bond motifs is 1. The van der Waals surface area contributed by atoms with E-state index in [0.29, 0.717) is 15.5 Å². The molecule has 1 atom stereocenters. The summed E-state index contributed by atoms with van der Waals surface area (Å²) in [7, 11) is -3.57. The number of anilines is 1. The highest BCUT2D eigenvalue weighted by Crippen LogP contribution is 2.34. The Hall–Kier alpha value is -2.30. The standard InChI is InChI=1S/C19H20FN3O4S2/c1-12-2-5-18(28-12)29(26,27)23-8-6-22(7-9-23)19(25)15-11-17(24)21-16-10-13(20)3-4-14(15)16/h2-5,10,15H,6-9,11H2,1H3,(H,21,24). The highest BCUT2D eigenvalue weighted by molar-refractivity contribution is 7.91. The van der Waals surface area contributed by atoms with Crippen LogP contribution in [0.15, 0.2) is 34.5 Å². The molecule has 1 N–H and O–H groups in total. The molecule has 2 amide bonds. The average molecular weight is 438 g/mol. The number of carbonyl (C=O) groups excluding carboxylic acids is 2. The second-order valence-corrected chi connectivity index (χ2v) is 10.6. The Bertz CT molecular complexity index is 1070. The SMILES string of the molecule is Cc1ccc(S(=O)(=O)N2CCN(C(=O)C3CC(=O)Nc4cc(F)ccc43)CC2)s1. The molecular weight excluding hydrogens is 417 g/mol. The fraction of sp³-hybridized carbons (Fsp3) is 0.368. The molecule has 1 aromatic heterocycles. The first kappa shape index (κ1) is 20.0. The van der Waals surface area contributed by atoms with Crippen LogP contribution in [0, 0.1) is 12.7 Å².